The second kappa shape index (κ2) is 4.21. The summed E-state index contributed by atoms with van der Waals surface area (Å²) >= 11 is 0. The summed E-state index contributed by atoms with van der Waals surface area (Å²) in [5.74, 6) is 5.92. The third kappa shape index (κ3) is 1.73. The molecule has 3 N–H and O–H groups in total. The number of rotatable bonds is 1. The van der Waals surface area contributed by atoms with Crippen molar-refractivity contribution in [3.05, 3.63) is 28.5 Å². The van der Waals surface area contributed by atoms with Crippen molar-refractivity contribution in [2.45, 2.75) is 0 Å². The van der Waals surface area contributed by atoms with Gasteiger partial charge in [0.15, 0.2) is 0 Å². The molecule has 2 aromatic rings. The van der Waals surface area contributed by atoms with Crippen molar-refractivity contribution in [1.82, 2.24) is 15.0 Å². The molecule has 0 bridgehead atoms. The van der Waals surface area contributed by atoms with Gasteiger partial charge in [-0.3, -0.25) is 0 Å². The number of azide groups is 1. The van der Waals surface area contributed by atoms with Gasteiger partial charge in [-0.15, -0.1) is 0 Å². The third-order valence-corrected chi connectivity index (χ3v) is 1.94. The van der Waals surface area contributed by atoms with Gasteiger partial charge in [-0.1, -0.05) is 17.0 Å². The molecule has 0 aliphatic heterocycles. The number of nitrogens with one attached hydrogen (secondary N) is 1. The second-order valence-corrected chi connectivity index (χ2v) is 2.88. The lowest BCUT2D eigenvalue weighted by Crippen LogP contribution is -1.92. The number of nitrogens with two attached hydrogens (primary N) is 1. The van der Waals surface area contributed by atoms with Crippen LogP contribution in [0.1, 0.15) is 5.56 Å². The van der Waals surface area contributed by atoms with E-state index in [2.05, 4.69) is 36.8 Å². The first kappa shape index (κ1) is 9.83. The number of nitrogens with zero attached hydrogens (tertiary/aromatic N) is 5. The van der Waals surface area contributed by atoms with E-state index in [4.69, 9.17) is 11.3 Å². The molecule has 0 aliphatic rings. The summed E-state index contributed by atoms with van der Waals surface area (Å²) in [6.07, 6.45) is 3.07. The van der Waals surface area contributed by atoms with Crippen LogP contribution in [0, 0.1) is 11.8 Å². The molecule has 7 nitrogen and oxygen atoms in total. The largest absolute Gasteiger partial charge is 0.383 e. The predicted octanol–water partition coefficient (Wildman–Crippen LogP) is 1.20. The first-order valence-corrected chi connectivity index (χ1v) is 4.40. The Morgan fingerprint density at radius 2 is 2.44 bits per heavy atom. The van der Waals surface area contributed by atoms with Crippen LogP contribution in [0.2, 0.25) is 0 Å². The second-order valence-electron chi connectivity index (χ2n) is 2.88. The lowest BCUT2D eigenvalue weighted by molar-refractivity contribution is 1.21. The van der Waals surface area contributed by atoms with Crippen LogP contribution in [-0.2, 0) is 0 Å². The summed E-state index contributed by atoms with van der Waals surface area (Å²) in [4.78, 5) is 13.4. The van der Waals surface area contributed by atoms with Gasteiger partial charge in [0.2, 0.25) is 0 Å². The third-order valence-electron chi connectivity index (χ3n) is 1.94. The van der Waals surface area contributed by atoms with Crippen LogP contribution in [0.4, 0.5) is 5.82 Å². The maximum atomic E-state index is 8.08. The highest BCUT2D eigenvalue weighted by molar-refractivity contribution is 5.91. The van der Waals surface area contributed by atoms with E-state index in [1.54, 1.807) is 6.20 Å². The van der Waals surface area contributed by atoms with Crippen molar-refractivity contribution in [2.24, 2.45) is 5.11 Å². The molecule has 0 fully saturated rings. The van der Waals surface area contributed by atoms with Crippen molar-refractivity contribution in [3.63, 3.8) is 0 Å². The molecule has 0 atom stereocenters. The van der Waals surface area contributed by atoms with E-state index in [0.717, 1.165) is 0 Å². The van der Waals surface area contributed by atoms with E-state index in [-0.39, 0.29) is 6.54 Å². The van der Waals surface area contributed by atoms with Crippen molar-refractivity contribution >= 4 is 16.9 Å². The zero-order chi connectivity index (χ0) is 11.4. The van der Waals surface area contributed by atoms with Gasteiger partial charge in [0, 0.05) is 11.1 Å². The summed E-state index contributed by atoms with van der Waals surface area (Å²) < 4.78 is 0. The monoisotopic (exact) mass is 213 g/mol. The molecule has 7 heteroatoms. The molecule has 78 valence electrons. The van der Waals surface area contributed by atoms with Crippen LogP contribution in [0.3, 0.4) is 0 Å². The molecule has 16 heavy (non-hydrogen) atoms. The molecular weight excluding hydrogens is 206 g/mol. The fourth-order valence-corrected chi connectivity index (χ4v) is 1.29. The molecule has 0 radical (unpaired) electrons. The minimum atomic E-state index is 0.122. The summed E-state index contributed by atoms with van der Waals surface area (Å²) in [6, 6.07) is 0. The SMILES string of the molecule is [N-]=[N+]=NCC#Cc1c[nH]c2ncnc(N)c12. The van der Waals surface area contributed by atoms with Crippen molar-refractivity contribution < 1.29 is 0 Å². The Hall–Kier alpha value is -2.71. The number of anilines is 1. The summed E-state index contributed by atoms with van der Waals surface area (Å²) in [6.45, 7) is 0.122. The minimum absolute atomic E-state index is 0.122. The van der Waals surface area contributed by atoms with Gasteiger partial charge < -0.3 is 10.7 Å². The number of aromatic nitrogens is 3. The van der Waals surface area contributed by atoms with E-state index in [1.807, 2.05) is 0 Å². The molecule has 2 heterocycles. The highest BCUT2D eigenvalue weighted by atomic mass is 15.1. The molecule has 2 aromatic heterocycles. The highest BCUT2D eigenvalue weighted by Crippen LogP contribution is 2.19. The topological polar surface area (TPSA) is 116 Å². The van der Waals surface area contributed by atoms with Gasteiger partial charge in [0.1, 0.15) is 17.8 Å². The molecule has 0 aromatic carbocycles. The minimum Gasteiger partial charge on any atom is -0.383 e. The van der Waals surface area contributed by atoms with Gasteiger partial charge in [-0.25, -0.2) is 9.97 Å². The summed E-state index contributed by atoms with van der Waals surface area (Å²) in [5, 5.41) is 4.00. The molecule has 0 unspecified atom stereocenters. The number of H-pyrrole nitrogens is 1. The average Bonchev–Trinajstić information content (AvgIpc) is 2.69. The van der Waals surface area contributed by atoms with Crippen LogP contribution in [0.5, 0.6) is 0 Å². The fraction of sp³-hybridized carbons (Fsp3) is 0.111. The van der Waals surface area contributed by atoms with Crippen molar-refractivity contribution in [2.75, 3.05) is 12.3 Å². The molecule has 0 spiro atoms. The van der Waals surface area contributed by atoms with Crippen molar-refractivity contribution in [3.8, 4) is 11.8 Å². The van der Waals surface area contributed by atoms with Crippen LogP contribution >= 0.6 is 0 Å². The van der Waals surface area contributed by atoms with E-state index in [9.17, 15) is 0 Å². The normalized spacial score (nSPS) is 9.25. The van der Waals surface area contributed by atoms with Crippen LogP contribution in [0.25, 0.3) is 21.5 Å². The maximum absolute atomic E-state index is 8.08. The zero-order valence-electron chi connectivity index (χ0n) is 8.18. The Morgan fingerprint density at radius 3 is 3.25 bits per heavy atom. The number of hydrogen-bond acceptors (Lipinski definition) is 4. The molecule has 0 aliphatic carbocycles. The Labute approximate surface area is 90.3 Å². The smallest absolute Gasteiger partial charge is 0.144 e. The van der Waals surface area contributed by atoms with Gasteiger partial charge in [0.25, 0.3) is 0 Å². The van der Waals surface area contributed by atoms with Gasteiger partial charge in [-0.2, -0.15) is 0 Å². The maximum Gasteiger partial charge on any atom is 0.144 e. The van der Waals surface area contributed by atoms with Gasteiger partial charge in [0.05, 0.1) is 17.5 Å². The summed E-state index contributed by atoms with van der Waals surface area (Å²) in [7, 11) is 0. The molecule has 0 saturated heterocycles. The zero-order valence-corrected chi connectivity index (χ0v) is 8.18. The van der Waals surface area contributed by atoms with Crippen LogP contribution in [0.15, 0.2) is 17.6 Å². The number of hydrogen-bond donors (Lipinski definition) is 2. The molecule has 0 saturated carbocycles. The lowest BCUT2D eigenvalue weighted by atomic mass is 10.2. The highest BCUT2D eigenvalue weighted by Gasteiger charge is 2.05. The Balaban J connectivity index is 2.44. The molecular formula is C9H7N7. The first-order chi connectivity index (χ1) is 7.83. The first-order valence-electron chi connectivity index (χ1n) is 4.40. The van der Waals surface area contributed by atoms with E-state index >= 15 is 0 Å². The Kier molecular flexibility index (Phi) is 2.59. The quantitative estimate of drug-likeness (QED) is 0.320. The van der Waals surface area contributed by atoms with Crippen LogP contribution in [-0.4, -0.2) is 21.5 Å². The number of fused-ring (bicyclic) bond motifs is 1. The lowest BCUT2D eigenvalue weighted by Gasteiger charge is -1.93. The van der Waals surface area contributed by atoms with E-state index in [0.29, 0.717) is 22.4 Å². The Morgan fingerprint density at radius 1 is 1.56 bits per heavy atom. The Bertz CT molecular complexity index is 624. The summed E-state index contributed by atoms with van der Waals surface area (Å²) in [5.41, 5.74) is 15.1. The average molecular weight is 213 g/mol. The fourth-order valence-electron chi connectivity index (χ4n) is 1.29. The van der Waals surface area contributed by atoms with Gasteiger partial charge in [-0.05, 0) is 5.53 Å². The van der Waals surface area contributed by atoms with E-state index in [1.165, 1.54) is 6.33 Å². The van der Waals surface area contributed by atoms with E-state index < -0.39 is 0 Å². The molecule has 0 amide bonds. The molecule has 2 rings (SSSR count). The predicted molar refractivity (Wildman–Crippen MR) is 59.2 cm³/mol. The van der Waals surface area contributed by atoms with Gasteiger partial charge >= 0.3 is 0 Å². The van der Waals surface area contributed by atoms with Crippen LogP contribution < -0.4 is 5.73 Å². The number of aromatic amines is 1. The van der Waals surface area contributed by atoms with Crippen molar-refractivity contribution in [1.29, 1.82) is 0 Å². The number of nitrogen functional groups attached to an aromatic ring is 1. The standard InChI is InChI=1S/C9H7N7/c10-8-7-6(2-1-3-15-16-11)4-12-9(7)14-5-13-8/h4-5H,3H2,(H3,10,12,13,14).